The molecule has 0 unspecified atom stereocenters. The predicted octanol–water partition coefficient (Wildman–Crippen LogP) is 1.93. The Morgan fingerprint density at radius 2 is 1.67 bits per heavy atom. The molecule has 27 heavy (non-hydrogen) atoms. The van der Waals surface area contributed by atoms with E-state index in [4.69, 9.17) is 5.73 Å². The number of benzene rings is 2. The van der Waals surface area contributed by atoms with Gasteiger partial charge in [0, 0.05) is 19.3 Å². The van der Waals surface area contributed by atoms with E-state index in [1.54, 1.807) is 18.3 Å². The van der Waals surface area contributed by atoms with Gasteiger partial charge < -0.3 is 11.1 Å². The number of primary amides is 1. The molecule has 136 valence electrons. The van der Waals surface area contributed by atoms with Gasteiger partial charge in [-0.1, -0.05) is 36.4 Å². The highest BCUT2D eigenvalue weighted by Crippen LogP contribution is 2.23. The summed E-state index contributed by atoms with van der Waals surface area (Å²) in [4.78, 5) is 25.9. The third kappa shape index (κ3) is 3.58. The summed E-state index contributed by atoms with van der Waals surface area (Å²) in [5.74, 6) is -0.693. The van der Waals surface area contributed by atoms with Gasteiger partial charge in [-0.3, -0.25) is 14.5 Å². The van der Waals surface area contributed by atoms with Crippen LogP contribution in [0.1, 0.15) is 21.6 Å². The zero-order valence-electron chi connectivity index (χ0n) is 14.6. The van der Waals surface area contributed by atoms with Crippen LogP contribution in [0.5, 0.6) is 0 Å². The van der Waals surface area contributed by atoms with Crippen LogP contribution in [-0.4, -0.2) is 33.0 Å². The number of nitrogens with one attached hydrogen (secondary N) is 1. The first-order valence-corrected chi connectivity index (χ1v) is 8.64. The van der Waals surface area contributed by atoms with E-state index in [-0.39, 0.29) is 11.6 Å². The second-order valence-electron chi connectivity index (χ2n) is 6.49. The van der Waals surface area contributed by atoms with Crippen LogP contribution in [0.3, 0.4) is 0 Å². The summed E-state index contributed by atoms with van der Waals surface area (Å²) in [5, 5.41) is 7.10. The van der Waals surface area contributed by atoms with Gasteiger partial charge in [0.05, 0.1) is 17.9 Å². The van der Waals surface area contributed by atoms with Crippen molar-refractivity contribution in [2.45, 2.75) is 13.1 Å². The molecule has 1 aliphatic rings. The number of nitrogens with two attached hydrogens (primary N) is 1. The highest BCUT2D eigenvalue weighted by Gasteiger charge is 2.21. The predicted molar refractivity (Wildman–Crippen MR) is 101 cm³/mol. The first-order valence-electron chi connectivity index (χ1n) is 8.64. The summed E-state index contributed by atoms with van der Waals surface area (Å²) in [6, 6.07) is 17.1. The third-order valence-electron chi connectivity index (χ3n) is 4.54. The number of nitrogens with zero attached hydrogens (tertiary/aromatic N) is 3. The van der Waals surface area contributed by atoms with Crippen molar-refractivity contribution in [1.82, 2.24) is 14.7 Å². The minimum absolute atomic E-state index is 0.0995. The Morgan fingerprint density at radius 1 is 1.00 bits per heavy atom. The van der Waals surface area contributed by atoms with Crippen LogP contribution in [-0.2, 0) is 17.9 Å². The van der Waals surface area contributed by atoms with Crippen LogP contribution < -0.4 is 11.1 Å². The fraction of sp³-hybridized carbons (Fsp3) is 0.150. The van der Waals surface area contributed by atoms with Crippen molar-refractivity contribution in [3.8, 4) is 5.69 Å². The van der Waals surface area contributed by atoms with Crippen LogP contribution in [0.2, 0.25) is 0 Å². The lowest BCUT2D eigenvalue weighted by Crippen LogP contribution is -2.29. The van der Waals surface area contributed by atoms with Crippen molar-refractivity contribution in [3.05, 3.63) is 77.6 Å². The molecule has 7 heteroatoms. The fourth-order valence-electron chi connectivity index (χ4n) is 3.28. The highest BCUT2D eigenvalue weighted by atomic mass is 16.2. The van der Waals surface area contributed by atoms with E-state index in [9.17, 15) is 9.59 Å². The van der Waals surface area contributed by atoms with Crippen molar-refractivity contribution in [2.75, 3.05) is 11.9 Å². The molecule has 2 heterocycles. The van der Waals surface area contributed by atoms with Crippen LogP contribution in [0.25, 0.3) is 5.69 Å². The number of carbonyl (C=O) groups is 2. The van der Waals surface area contributed by atoms with Gasteiger partial charge in [-0.25, -0.2) is 4.68 Å². The third-order valence-corrected chi connectivity index (χ3v) is 4.54. The quantitative estimate of drug-likeness (QED) is 0.726. The van der Waals surface area contributed by atoms with Gasteiger partial charge in [0.1, 0.15) is 5.69 Å². The summed E-state index contributed by atoms with van der Waals surface area (Å²) in [6.07, 6.45) is 1.64. The van der Waals surface area contributed by atoms with Crippen molar-refractivity contribution < 1.29 is 9.59 Å². The molecular weight excluding hydrogens is 342 g/mol. The van der Waals surface area contributed by atoms with E-state index in [2.05, 4.69) is 27.4 Å². The van der Waals surface area contributed by atoms with Crippen LogP contribution in [0.15, 0.2) is 60.8 Å². The number of fused-ring (bicyclic) bond motifs is 1. The Kier molecular flexibility index (Phi) is 4.43. The van der Waals surface area contributed by atoms with Gasteiger partial charge in [0.2, 0.25) is 5.91 Å². The Bertz CT molecular complexity index is 986. The number of anilines is 1. The summed E-state index contributed by atoms with van der Waals surface area (Å²) in [5.41, 5.74) is 9.26. The van der Waals surface area contributed by atoms with E-state index >= 15 is 0 Å². The second kappa shape index (κ2) is 7.05. The van der Waals surface area contributed by atoms with E-state index in [1.807, 2.05) is 30.3 Å². The lowest BCUT2D eigenvalue weighted by Gasteiger charge is -2.16. The Balaban J connectivity index is 1.47. The van der Waals surface area contributed by atoms with E-state index < -0.39 is 5.91 Å². The van der Waals surface area contributed by atoms with Crippen LogP contribution >= 0.6 is 0 Å². The van der Waals surface area contributed by atoms with E-state index in [0.717, 1.165) is 13.1 Å². The minimum atomic E-state index is -0.594. The topological polar surface area (TPSA) is 93.2 Å². The summed E-state index contributed by atoms with van der Waals surface area (Å²) < 4.78 is 1.53. The molecule has 0 spiro atoms. The van der Waals surface area contributed by atoms with Crippen molar-refractivity contribution in [1.29, 1.82) is 0 Å². The number of aromatic nitrogens is 2. The molecule has 7 nitrogen and oxygen atoms in total. The fourth-order valence-corrected chi connectivity index (χ4v) is 3.28. The summed E-state index contributed by atoms with van der Waals surface area (Å²) >= 11 is 0. The van der Waals surface area contributed by atoms with Crippen LogP contribution in [0, 0.1) is 0 Å². The molecule has 3 aromatic rings. The number of hydrogen-bond acceptors (Lipinski definition) is 4. The SMILES string of the molecule is NC(=O)c1ccn(-c2ccccc2NC(=O)CN2Cc3ccccc3C2)n1. The van der Waals surface area contributed by atoms with Crippen molar-refractivity contribution >= 4 is 17.5 Å². The van der Waals surface area contributed by atoms with Gasteiger partial charge in [-0.05, 0) is 29.3 Å². The first kappa shape index (κ1) is 17.0. The van der Waals surface area contributed by atoms with Crippen LogP contribution in [0.4, 0.5) is 5.69 Å². The molecule has 0 atom stereocenters. The summed E-state index contributed by atoms with van der Waals surface area (Å²) in [7, 11) is 0. The molecule has 2 amide bonds. The minimum Gasteiger partial charge on any atom is -0.364 e. The Hall–Kier alpha value is -3.45. The molecule has 4 rings (SSSR count). The van der Waals surface area contributed by atoms with Gasteiger partial charge in [0.25, 0.3) is 5.91 Å². The summed E-state index contributed by atoms with van der Waals surface area (Å²) in [6.45, 7) is 1.84. The molecule has 0 saturated carbocycles. The maximum absolute atomic E-state index is 12.6. The van der Waals surface area contributed by atoms with E-state index in [1.165, 1.54) is 15.8 Å². The van der Waals surface area contributed by atoms with Gasteiger partial charge in [-0.2, -0.15) is 5.10 Å². The lowest BCUT2D eigenvalue weighted by atomic mass is 10.1. The molecule has 2 aromatic carbocycles. The maximum Gasteiger partial charge on any atom is 0.269 e. The lowest BCUT2D eigenvalue weighted by molar-refractivity contribution is -0.117. The maximum atomic E-state index is 12.6. The molecule has 0 bridgehead atoms. The zero-order chi connectivity index (χ0) is 18.8. The monoisotopic (exact) mass is 361 g/mol. The Labute approximate surface area is 156 Å². The first-order chi connectivity index (χ1) is 13.1. The van der Waals surface area contributed by atoms with E-state index in [0.29, 0.717) is 17.9 Å². The Morgan fingerprint density at radius 3 is 2.33 bits per heavy atom. The number of para-hydroxylation sites is 2. The molecule has 0 radical (unpaired) electrons. The van der Waals surface area contributed by atoms with Crippen molar-refractivity contribution in [2.24, 2.45) is 5.73 Å². The highest BCUT2D eigenvalue weighted by molar-refractivity contribution is 5.94. The smallest absolute Gasteiger partial charge is 0.269 e. The van der Waals surface area contributed by atoms with Gasteiger partial charge in [-0.15, -0.1) is 0 Å². The molecule has 1 aromatic heterocycles. The molecule has 0 aliphatic carbocycles. The molecule has 3 N–H and O–H groups in total. The van der Waals surface area contributed by atoms with Crippen molar-refractivity contribution in [3.63, 3.8) is 0 Å². The second-order valence-corrected chi connectivity index (χ2v) is 6.49. The standard InChI is InChI=1S/C20H19N5O2/c21-20(27)17-9-10-25(23-17)18-8-4-3-7-16(18)22-19(26)13-24-11-14-5-1-2-6-15(14)12-24/h1-10H,11-13H2,(H2,21,27)(H,22,26). The average Bonchev–Trinajstić information content (AvgIpc) is 3.28. The van der Waals surface area contributed by atoms with Gasteiger partial charge in [0.15, 0.2) is 0 Å². The number of amides is 2. The molecule has 1 aliphatic heterocycles. The molecular formula is C20H19N5O2. The van der Waals surface area contributed by atoms with Gasteiger partial charge >= 0.3 is 0 Å². The molecule has 0 saturated heterocycles. The largest absolute Gasteiger partial charge is 0.364 e. The number of hydrogen-bond donors (Lipinski definition) is 2. The number of rotatable bonds is 5. The number of carbonyl (C=O) groups excluding carboxylic acids is 2. The normalized spacial score (nSPS) is 13.3. The zero-order valence-corrected chi connectivity index (χ0v) is 14.6. The molecule has 0 fully saturated rings. The average molecular weight is 361 g/mol.